The van der Waals surface area contributed by atoms with Crippen LogP contribution < -0.4 is 5.32 Å². The molecule has 0 heterocycles. The van der Waals surface area contributed by atoms with Crippen LogP contribution in [0, 0.1) is 10.1 Å². The monoisotopic (exact) mass is 355 g/mol. The number of hydrogen-bond acceptors (Lipinski definition) is 6. The molecule has 0 aliphatic carbocycles. The molecule has 1 N–H and O–H groups in total. The van der Waals surface area contributed by atoms with E-state index in [1.807, 2.05) is 0 Å². The second kappa shape index (κ2) is 8.42. The summed E-state index contributed by atoms with van der Waals surface area (Å²) in [6.45, 7) is 1.76. The van der Waals surface area contributed by atoms with Gasteiger partial charge in [0.15, 0.2) is 0 Å². The van der Waals surface area contributed by atoms with Gasteiger partial charge in [0.05, 0.1) is 4.92 Å². The fourth-order valence-electron chi connectivity index (χ4n) is 1.81. The molecule has 23 heavy (non-hydrogen) atoms. The lowest BCUT2D eigenvalue weighted by Crippen LogP contribution is -2.45. The Kier molecular flexibility index (Phi) is 6.89. The van der Waals surface area contributed by atoms with Crippen molar-refractivity contribution >= 4 is 47.7 Å². The number of para-hydroxylation sites is 1. The predicted molar refractivity (Wildman–Crippen MR) is 90.2 cm³/mol. The van der Waals surface area contributed by atoms with Crippen molar-refractivity contribution in [2.24, 2.45) is 5.11 Å². The second-order valence-corrected chi connectivity index (χ2v) is 5.49. The lowest BCUT2D eigenvalue weighted by Gasteiger charge is -2.20. The first kappa shape index (κ1) is 18.8. The second-order valence-electron chi connectivity index (χ2n) is 4.38. The Bertz CT molecular complexity index is 690. The van der Waals surface area contributed by atoms with Gasteiger partial charge in [0.2, 0.25) is 5.12 Å². The van der Waals surface area contributed by atoms with Crippen molar-refractivity contribution in [2.45, 2.75) is 24.6 Å². The van der Waals surface area contributed by atoms with E-state index in [4.69, 9.17) is 5.53 Å². The van der Waals surface area contributed by atoms with Crippen molar-refractivity contribution in [2.75, 3.05) is 0 Å². The molecule has 9 nitrogen and oxygen atoms in total. The molecule has 1 rings (SSSR count). The molecule has 0 saturated carbocycles. The van der Waals surface area contributed by atoms with Gasteiger partial charge < -0.3 is 5.32 Å². The average Bonchev–Trinajstić information content (AvgIpc) is 2.51. The molecule has 0 spiro atoms. The number of nitro groups is 1. The zero-order valence-corrected chi connectivity index (χ0v) is 13.7. The number of amides is 1. The third-order valence-electron chi connectivity index (χ3n) is 2.95. The first-order valence-electron chi connectivity index (χ1n) is 6.37. The number of rotatable bonds is 7. The molecule has 0 aliphatic rings. The van der Waals surface area contributed by atoms with E-state index >= 15 is 0 Å². The first-order valence-corrected chi connectivity index (χ1v) is 7.34. The number of nitrogens with one attached hydrogen (secondary N) is 1. The highest BCUT2D eigenvalue weighted by atomic mass is 32.1. The first-order chi connectivity index (χ1) is 10.8. The van der Waals surface area contributed by atoms with Crippen molar-refractivity contribution < 1.29 is 14.5 Å². The van der Waals surface area contributed by atoms with Crippen LogP contribution in [0.2, 0.25) is 0 Å². The van der Waals surface area contributed by atoms with Gasteiger partial charge in [0.25, 0.3) is 11.6 Å². The number of azide groups is 1. The van der Waals surface area contributed by atoms with Crippen LogP contribution >= 0.6 is 25.3 Å². The number of benzene rings is 1. The van der Waals surface area contributed by atoms with E-state index in [9.17, 15) is 19.7 Å². The van der Waals surface area contributed by atoms with Crippen LogP contribution in [0.1, 0.15) is 23.7 Å². The Hall–Kier alpha value is -2.23. The Morgan fingerprint density at radius 3 is 2.65 bits per heavy atom. The van der Waals surface area contributed by atoms with E-state index in [1.165, 1.54) is 18.2 Å². The van der Waals surface area contributed by atoms with E-state index in [2.05, 4.69) is 40.6 Å². The Labute approximate surface area is 142 Å². The van der Waals surface area contributed by atoms with Crippen LogP contribution in [0.5, 0.6) is 0 Å². The van der Waals surface area contributed by atoms with Crippen LogP contribution in [0.15, 0.2) is 23.3 Å². The van der Waals surface area contributed by atoms with Gasteiger partial charge in [-0.3, -0.25) is 19.7 Å². The standard InChI is InChI=1S/C12H13N5O4S2/c1-2-8(22)9(12(19)23)14-11(18)6-4-3-5-7(15-16-13)10(6)17(20)21/h3-5,8-9,22H,2H2,1H3,(H,14,18)(H,19,23). The van der Waals surface area contributed by atoms with Crippen molar-refractivity contribution in [1.29, 1.82) is 0 Å². The quantitative estimate of drug-likeness (QED) is 0.173. The third-order valence-corrected chi connectivity index (χ3v) is 3.89. The highest BCUT2D eigenvalue weighted by Crippen LogP contribution is 2.31. The summed E-state index contributed by atoms with van der Waals surface area (Å²) in [5.74, 6) is -0.855. The largest absolute Gasteiger partial charge is 0.340 e. The van der Waals surface area contributed by atoms with Gasteiger partial charge in [-0.05, 0) is 24.1 Å². The van der Waals surface area contributed by atoms with Crippen LogP contribution in [-0.4, -0.2) is 27.2 Å². The number of thiol groups is 2. The minimum atomic E-state index is -1.01. The molecule has 1 amide bonds. The summed E-state index contributed by atoms with van der Waals surface area (Å²) in [6.07, 6.45) is 0.473. The van der Waals surface area contributed by atoms with Crippen LogP contribution in [0.4, 0.5) is 11.4 Å². The molecule has 2 unspecified atom stereocenters. The molecule has 0 aliphatic heterocycles. The molecule has 0 fully saturated rings. The topological polar surface area (TPSA) is 138 Å². The Morgan fingerprint density at radius 2 is 2.17 bits per heavy atom. The number of nitrogens with zero attached hydrogens (tertiary/aromatic N) is 4. The summed E-state index contributed by atoms with van der Waals surface area (Å²) in [5, 5.41) is 15.6. The van der Waals surface area contributed by atoms with Gasteiger partial charge >= 0.3 is 0 Å². The molecule has 1 aromatic carbocycles. The maximum Gasteiger partial charge on any atom is 0.291 e. The number of carbonyl (C=O) groups excluding carboxylic acids is 2. The molecule has 0 aromatic heterocycles. The zero-order valence-electron chi connectivity index (χ0n) is 11.9. The van der Waals surface area contributed by atoms with E-state index in [0.29, 0.717) is 6.42 Å². The molecule has 0 saturated heterocycles. The summed E-state index contributed by atoms with van der Waals surface area (Å²) in [4.78, 5) is 36.6. The normalized spacial score (nSPS) is 12.7. The minimum Gasteiger partial charge on any atom is -0.340 e. The van der Waals surface area contributed by atoms with E-state index < -0.39 is 32.9 Å². The lowest BCUT2D eigenvalue weighted by molar-refractivity contribution is -0.384. The van der Waals surface area contributed by atoms with Crippen LogP contribution in [-0.2, 0) is 4.79 Å². The van der Waals surface area contributed by atoms with E-state index in [1.54, 1.807) is 6.92 Å². The van der Waals surface area contributed by atoms with Gasteiger partial charge in [-0.2, -0.15) is 12.6 Å². The molecule has 122 valence electrons. The van der Waals surface area contributed by atoms with Crippen molar-refractivity contribution in [3.05, 3.63) is 44.3 Å². The summed E-state index contributed by atoms with van der Waals surface area (Å²) in [5.41, 5.74) is 7.19. The summed E-state index contributed by atoms with van der Waals surface area (Å²) in [7, 11) is 0. The lowest BCUT2D eigenvalue weighted by atomic mass is 10.1. The van der Waals surface area contributed by atoms with Gasteiger partial charge in [0.1, 0.15) is 17.3 Å². The summed E-state index contributed by atoms with van der Waals surface area (Å²) in [6, 6.07) is 2.73. The molecule has 0 bridgehead atoms. The molecule has 0 radical (unpaired) electrons. The van der Waals surface area contributed by atoms with Gasteiger partial charge in [-0.25, -0.2) is 0 Å². The number of carbonyl (C=O) groups is 2. The van der Waals surface area contributed by atoms with Crippen LogP contribution in [0.3, 0.4) is 0 Å². The average molecular weight is 355 g/mol. The maximum absolute atomic E-state index is 12.3. The maximum atomic E-state index is 12.3. The smallest absolute Gasteiger partial charge is 0.291 e. The number of nitro benzene ring substituents is 1. The van der Waals surface area contributed by atoms with Gasteiger partial charge in [-0.15, -0.1) is 12.6 Å². The summed E-state index contributed by atoms with van der Waals surface area (Å²) >= 11 is 7.88. The molecular formula is C12H13N5O4S2. The van der Waals surface area contributed by atoms with E-state index in [-0.39, 0.29) is 11.3 Å². The fraction of sp³-hybridized carbons (Fsp3) is 0.333. The third kappa shape index (κ3) is 4.62. The highest BCUT2D eigenvalue weighted by Gasteiger charge is 2.29. The van der Waals surface area contributed by atoms with Crippen molar-refractivity contribution in [1.82, 2.24) is 5.32 Å². The Balaban J connectivity index is 3.27. The zero-order chi connectivity index (χ0) is 17.6. The van der Waals surface area contributed by atoms with Crippen molar-refractivity contribution in [3.63, 3.8) is 0 Å². The highest BCUT2D eigenvalue weighted by molar-refractivity contribution is 7.96. The van der Waals surface area contributed by atoms with Gasteiger partial charge in [0, 0.05) is 10.2 Å². The minimum absolute atomic E-state index is 0.295. The predicted octanol–water partition coefficient (Wildman–Crippen LogP) is 2.80. The molecule has 2 atom stereocenters. The Morgan fingerprint density at radius 1 is 1.52 bits per heavy atom. The SMILES string of the molecule is CCC(S)C(NC(=O)c1cccc(N=[N+]=[N-])c1[N+](=O)[O-])C(=O)S. The van der Waals surface area contributed by atoms with Crippen molar-refractivity contribution in [3.8, 4) is 0 Å². The molecular weight excluding hydrogens is 342 g/mol. The van der Waals surface area contributed by atoms with E-state index in [0.717, 1.165) is 0 Å². The summed E-state index contributed by atoms with van der Waals surface area (Å²) < 4.78 is 0. The molecule has 11 heteroatoms. The molecule has 1 aromatic rings. The van der Waals surface area contributed by atoms with Crippen LogP contribution in [0.25, 0.3) is 10.4 Å². The number of hydrogen-bond donors (Lipinski definition) is 3. The fourth-order valence-corrected chi connectivity index (χ4v) is 2.38. The van der Waals surface area contributed by atoms with Gasteiger partial charge in [-0.1, -0.05) is 18.1 Å².